The van der Waals surface area contributed by atoms with Crippen molar-refractivity contribution in [2.24, 2.45) is 29.6 Å². The van der Waals surface area contributed by atoms with Crippen LogP contribution in [0.4, 0.5) is 0 Å². The van der Waals surface area contributed by atoms with Crippen molar-refractivity contribution in [2.75, 3.05) is 0 Å². The van der Waals surface area contributed by atoms with Gasteiger partial charge in [0.2, 0.25) is 0 Å². The number of H-pyrrole nitrogens is 1. The van der Waals surface area contributed by atoms with Gasteiger partial charge in [-0.05, 0) is 49.0 Å². The average molecular weight is 251 g/mol. The molecule has 2 heteroatoms. The van der Waals surface area contributed by atoms with Crippen LogP contribution in [0.2, 0.25) is 0 Å². The number of para-hydroxylation sites is 1. The van der Waals surface area contributed by atoms with Crippen molar-refractivity contribution in [3.63, 3.8) is 0 Å². The highest BCUT2D eigenvalue weighted by Crippen LogP contribution is 2.70. The Bertz CT molecular complexity index is 669. The highest BCUT2D eigenvalue weighted by molar-refractivity contribution is 6.10. The normalized spacial score (nSPS) is 38.6. The van der Waals surface area contributed by atoms with Crippen molar-refractivity contribution in [1.82, 2.24) is 4.98 Å². The van der Waals surface area contributed by atoms with Gasteiger partial charge in [0.1, 0.15) is 0 Å². The van der Waals surface area contributed by atoms with Crippen molar-refractivity contribution >= 4 is 16.7 Å². The molecular weight excluding hydrogens is 234 g/mol. The number of benzene rings is 1. The lowest BCUT2D eigenvalue weighted by Crippen LogP contribution is -2.09. The number of hydrogen-bond donors (Lipinski definition) is 1. The number of aromatic amines is 1. The van der Waals surface area contributed by atoms with Gasteiger partial charge in [-0.3, -0.25) is 4.79 Å². The minimum atomic E-state index is 0.352. The molecule has 2 nitrogen and oxygen atoms in total. The highest BCUT2D eigenvalue weighted by atomic mass is 16.1. The molecular formula is C17H17NO. The Morgan fingerprint density at radius 1 is 1.11 bits per heavy atom. The molecule has 3 aliphatic rings. The van der Waals surface area contributed by atoms with E-state index in [2.05, 4.69) is 11.1 Å². The Morgan fingerprint density at radius 2 is 1.84 bits per heavy atom. The molecule has 4 atom stereocenters. The van der Waals surface area contributed by atoms with Gasteiger partial charge in [0.05, 0.1) is 0 Å². The summed E-state index contributed by atoms with van der Waals surface area (Å²) in [6, 6.07) is 8.14. The van der Waals surface area contributed by atoms with Gasteiger partial charge in [-0.1, -0.05) is 18.2 Å². The molecule has 1 aromatic heterocycles. The molecule has 3 aliphatic carbocycles. The first-order chi connectivity index (χ1) is 9.34. The fourth-order valence-electron chi connectivity index (χ4n) is 5.13. The van der Waals surface area contributed by atoms with Crippen LogP contribution in [0.1, 0.15) is 29.6 Å². The van der Waals surface area contributed by atoms with Crippen molar-refractivity contribution in [3.05, 3.63) is 36.0 Å². The summed E-state index contributed by atoms with van der Waals surface area (Å²) in [6.45, 7) is 0. The summed E-state index contributed by atoms with van der Waals surface area (Å²) in [6.07, 6.45) is 6.09. The van der Waals surface area contributed by atoms with Crippen LogP contribution < -0.4 is 0 Å². The summed E-state index contributed by atoms with van der Waals surface area (Å²) in [4.78, 5) is 16.0. The van der Waals surface area contributed by atoms with Crippen molar-refractivity contribution in [1.29, 1.82) is 0 Å². The number of carbonyl (C=O) groups is 1. The minimum Gasteiger partial charge on any atom is -0.360 e. The predicted octanol–water partition coefficient (Wildman–Crippen LogP) is 3.64. The van der Waals surface area contributed by atoms with Crippen molar-refractivity contribution < 1.29 is 4.79 Å². The van der Waals surface area contributed by atoms with E-state index in [0.717, 1.165) is 40.1 Å². The van der Waals surface area contributed by atoms with Gasteiger partial charge in [0, 0.05) is 28.6 Å². The lowest BCUT2D eigenvalue weighted by molar-refractivity contribution is 0.0946. The molecule has 2 aromatic rings. The summed E-state index contributed by atoms with van der Waals surface area (Å²) < 4.78 is 0. The molecule has 0 saturated heterocycles. The van der Waals surface area contributed by atoms with E-state index in [4.69, 9.17) is 0 Å². The quantitative estimate of drug-likeness (QED) is 0.812. The molecule has 2 bridgehead atoms. The molecule has 3 fully saturated rings. The lowest BCUT2D eigenvalue weighted by atomic mass is 9.96. The molecule has 0 radical (unpaired) electrons. The Hall–Kier alpha value is -1.57. The SMILES string of the molecule is O=C(c1c[nH]c2ccccc12)C1C2C3CCC(C3)C12. The number of nitrogens with one attached hydrogen (secondary N) is 1. The van der Waals surface area contributed by atoms with Gasteiger partial charge < -0.3 is 4.98 Å². The zero-order chi connectivity index (χ0) is 12.6. The van der Waals surface area contributed by atoms with Gasteiger partial charge in [0.25, 0.3) is 0 Å². The third-order valence-corrected chi connectivity index (χ3v) is 5.89. The second-order valence-corrected chi connectivity index (χ2v) is 6.63. The summed E-state index contributed by atoms with van der Waals surface area (Å²) in [5, 5.41) is 1.10. The van der Waals surface area contributed by atoms with Crippen LogP contribution in [0.25, 0.3) is 10.9 Å². The molecule has 1 aromatic carbocycles. The van der Waals surface area contributed by atoms with E-state index in [9.17, 15) is 4.79 Å². The Morgan fingerprint density at radius 3 is 2.63 bits per heavy atom. The number of fused-ring (bicyclic) bond motifs is 6. The van der Waals surface area contributed by atoms with E-state index in [1.807, 2.05) is 24.4 Å². The van der Waals surface area contributed by atoms with E-state index in [1.165, 1.54) is 19.3 Å². The molecule has 4 unspecified atom stereocenters. The number of Topliss-reactive ketones (excluding diaryl/α,β-unsaturated/α-hetero) is 1. The molecule has 0 spiro atoms. The third kappa shape index (κ3) is 1.20. The smallest absolute Gasteiger partial charge is 0.168 e. The van der Waals surface area contributed by atoms with Crippen LogP contribution in [-0.4, -0.2) is 10.8 Å². The summed E-state index contributed by atoms with van der Waals surface area (Å²) >= 11 is 0. The highest BCUT2D eigenvalue weighted by Gasteiger charge is 2.67. The maximum Gasteiger partial charge on any atom is 0.168 e. The molecule has 3 saturated carbocycles. The van der Waals surface area contributed by atoms with Crippen LogP contribution in [0, 0.1) is 29.6 Å². The largest absolute Gasteiger partial charge is 0.360 e. The van der Waals surface area contributed by atoms with E-state index in [1.54, 1.807) is 0 Å². The van der Waals surface area contributed by atoms with Gasteiger partial charge in [-0.2, -0.15) is 0 Å². The molecule has 1 N–H and O–H groups in total. The van der Waals surface area contributed by atoms with E-state index in [0.29, 0.717) is 11.7 Å². The summed E-state index contributed by atoms with van der Waals surface area (Å²) in [5.41, 5.74) is 2.01. The maximum absolute atomic E-state index is 12.8. The van der Waals surface area contributed by atoms with Crippen molar-refractivity contribution in [3.8, 4) is 0 Å². The van der Waals surface area contributed by atoms with E-state index < -0.39 is 0 Å². The van der Waals surface area contributed by atoms with E-state index >= 15 is 0 Å². The number of hydrogen-bond acceptors (Lipinski definition) is 1. The fourth-order valence-corrected chi connectivity index (χ4v) is 5.13. The molecule has 1 heterocycles. The second-order valence-electron chi connectivity index (χ2n) is 6.63. The van der Waals surface area contributed by atoms with Crippen LogP contribution in [0.15, 0.2) is 30.5 Å². The third-order valence-electron chi connectivity index (χ3n) is 5.89. The topological polar surface area (TPSA) is 32.9 Å². The van der Waals surface area contributed by atoms with E-state index in [-0.39, 0.29) is 0 Å². The number of ketones is 1. The first-order valence-electron chi connectivity index (χ1n) is 7.45. The molecule has 0 aliphatic heterocycles. The summed E-state index contributed by atoms with van der Waals surface area (Å²) in [5.74, 6) is 3.97. The lowest BCUT2D eigenvalue weighted by Gasteiger charge is -2.07. The Balaban J connectivity index is 1.53. The number of rotatable bonds is 2. The Labute approximate surface area is 112 Å². The number of carbonyl (C=O) groups excluding carboxylic acids is 1. The molecule has 19 heavy (non-hydrogen) atoms. The van der Waals surface area contributed by atoms with Gasteiger partial charge in [0.15, 0.2) is 5.78 Å². The first-order valence-corrected chi connectivity index (χ1v) is 7.45. The first kappa shape index (κ1) is 10.2. The maximum atomic E-state index is 12.8. The fraction of sp³-hybridized carbons (Fsp3) is 0.471. The second kappa shape index (κ2) is 3.30. The standard InChI is InChI=1S/C17H17NO/c19-17(12-8-18-13-4-2-1-3-11(12)13)16-14-9-5-6-10(7-9)15(14)16/h1-4,8-10,14-16,18H,5-7H2. The monoisotopic (exact) mass is 251 g/mol. The van der Waals surface area contributed by atoms with Crippen LogP contribution in [0.3, 0.4) is 0 Å². The van der Waals surface area contributed by atoms with Crippen LogP contribution in [-0.2, 0) is 0 Å². The summed E-state index contributed by atoms with van der Waals surface area (Å²) in [7, 11) is 0. The molecule has 5 rings (SSSR count). The zero-order valence-electron chi connectivity index (χ0n) is 10.8. The number of aromatic nitrogens is 1. The zero-order valence-corrected chi connectivity index (χ0v) is 10.8. The van der Waals surface area contributed by atoms with Crippen LogP contribution >= 0.6 is 0 Å². The van der Waals surface area contributed by atoms with Gasteiger partial charge in [-0.15, -0.1) is 0 Å². The van der Waals surface area contributed by atoms with Gasteiger partial charge in [-0.25, -0.2) is 0 Å². The van der Waals surface area contributed by atoms with Gasteiger partial charge >= 0.3 is 0 Å². The van der Waals surface area contributed by atoms with Crippen molar-refractivity contribution in [2.45, 2.75) is 19.3 Å². The molecule has 0 amide bonds. The minimum absolute atomic E-state index is 0.352. The predicted molar refractivity (Wildman–Crippen MR) is 73.9 cm³/mol. The average Bonchev–Trinajstić information content (AvgIpc) is 2.82. The molecule has 96 valence electrons. The Kier molecular flexibility index (Phi) is 1.78. The van der Waals surface area contributed by atoms with Crippen LogP contribution in [0.5, 0.6) is 0 Å².